The molecule has 0 amide bonds. The van der Waals surface area contributed by atoms with Crippen molar-refractivity contribution in [2.24, 2.45) is 11.8 Å². The van der Waals surface area contributed by atoms with Crippen LogP contribution in [0, 0.1) is 11.8 Å². The number of anilines is 1. The van der Waals surface area contributed by atoms with Crippen molar-refractivity contribution in [2.75, 3.05) is 12.4 Å². The van der Waals surface area contributed by atoms with Crippen molar-refractivity contribution >= 4 is 40.5 Å². The van der Waals surface area contributed by atoms with E-state index < -0.39 is 0 Å². The molecule has 0 atom stereocenters. The highest BCUT2D eigenvalue weighted by atomic mass is 35.5. The second-order valence-electron chi connectivity index (χ2n) is 5.50. The van der Waals surface area contributed by atoms with Gasteiger partial charge in [-0.05, 0) is 49.8 Å². The number of carbonyl (C=O) groups excluding carboxylic acids is 1. The summed E-state index contributed by atoms with van der Waals surface area (Å²) in [5.74, 6) is 0.541. The number of nitrogens with one attached hydrogen (secondary N) is 1. The van der Waals surface area contributed by atoms with Crippen LogP contribution >= 0.6 is 23.8 Å². The minimum atomic E-state index is -0.0759. The summed E-state index contributed by atoms with van der Waals surface area (Å²) < 4.78 is 4.81. The molecule has 0 saturated heterocycles. The molecule has 1 saturated carbocycles. The van der Waals surface area contributed by atoms with Gasteiger partial charge in [0.25, 0.3) is 0 Å². The van der Waals surface area contributed by atoms with Crippen molar-refractivity contribution in [1.29, 1.82) is 0 Å². The van der Waals surface area contributed by atoms with E-state index in [0.717, 1.165) is 42.8 Å². The molecule has 0 spiro atoms. The Hall–Kier alpha value is -1.13. The zero-order valence-corrected chi connectivity index (χ0v) is 13.7. The van der Waals surface area contributed by atoms with Crippen molar-refractivity contribution in [1.82, 2.24) is 0 Å². The van der Waals surface area contributed by atoms with Gasteiger partial charge in [0.15, 0.2) is 0 Å². The molecule has 0 aliphatic heterocycles. The first-order valence-electron chi connectivity index (χ1n) is 7.21. The van der Waals surface area contributed by atoms with E-state index in [1.165, 1.54) is 7.11 Å². The molecule has 1 aliphatic carbocycles. The number of ether oxygens (including phenoxy) is 1. The highest BCUT2D eigenvalue weighted by Crippen LogP contribution is 2.32. The van der Waals surface area contributed by atoms with Crippen molar-refractivity contribution in [3.05, 3.63) is 29.3 Å². The van der Waals surface area contributed by atoms with E-state index in [1.54, 1.807) is 0 Å². The van der Waals surface area contributed by atoms with Gasteiger partial charge in [-0.15, -0.1) is 0 Å². The summed E-state index contributed by atoms with van der Waals surface area (Å²) in [5, 5.41) is 3.93. The minimum absolute atomic E-state index is 0.0701. The Morgan fingerprint density at radius 3 is 2.71 bits per heavy atom. The lowest BCUT2D eigenvalue weighted by molar-refractivity contribution is -0.146. The zero-order valence-electron chi connectivity index (χ0n) is 12.1. The maximum Gasteiger partial charge on any atom is 0.308 e. The van der Waals surface area contributed by atoms with Crippen molar-refractivity contribution in [3.8, 4) is 0 Å². The molecule has 2 rings (SSSR count). The van der Waals surface area contributed by atoms with Crippen molar-refractivity contribution in [2.45, 2.75) is 32.1 Å². The molecule has 1 aromatic carbocycles. The average molecular weight is 326 g/mol. The number of esters is 1. The second-order valence-corrected chi connectivity index (χ2v) is 6.43. The van der Waals surface area contributed by atoms with Gasteiger partial charge >= 0.3 is 5.97 Å². The summed E-state index contributed by atoms with van der Waals surface area (Å²) in [7, 11) is 1.46. The van der Waals surface area contributed by atoms with Gasteiger partial charge in [-0.25, -0.2) is 0 Å². The Labute approximate surface area is 136 Å². The topological polar surface area (TPSA) is 38.3 Å². The maximum atomic E-state index is 11.5. The third kappa shape index (κ3) is 4.97. The van der Waals surface area contributed by atoms with E-state index in [1.807, 2.05) is 24.3 Å². The predicted octanol–water partition coefficient (Wildman–Crippen LogP) is 4.45. The SMILES string of the molecule is COC(=O)C1CCC(CC(=S)Nc2cccc(Cl)c2)CC1. The summed E-state index contributed by atoms with van der Waals surface area (Å²) in [4.78, 5) is 12.3. The number of halogens is 1. The van der Waals surface area contributed by atoms with Crippen LogP contribution in [-0.2, 0) is 9.53 Å². The van der Waals surface area contributed by atoms with E-state index in [-0.39, 0.29) is 11.9 Å². The van der Waals surface area contributed by atoms with Gasteiger partial charge in [-0.1, -0.05) is 29.9 Å². The van der Waals surface area contributed by atoms with Gasteiger partial charge in [-0.2, -0.15) is 0 Å². The molecular formula is C16H20ClNO2S. The lowest BCUT2D eigenvalue weighted by Gasteiger charge is -2.27. The molecule has 1 aliphatic rings. The lowest BCUT2D eigenvalue weighted by Crippen LogP contribution is -2.25. The van der Waals surface area contributed by atoms with Gasteiger partial charge in [0.2, 0.25) is 0 Å². The lowest BCUT2D eigenvalue weighted by atomic mass is 9.80. The van der Waals surface area contributed by atoms with Crippen LogP contribution in [-0.4, -0.2) is 18.1 Å². The molecule has 0 heterocycles. The van der Waals surface area contributed by atoms with E-state index in [9.17, 15) is 4.79 Å². The zero-order chi connectivity index (χ0) is 15.2. The summed E-state index contributed by atoms with van der Waals surface area (Å²) in [5.41, 5.74) is 0.927. The number of rotatable bonds is 4. The van der Waals surface area contributed by atoms with Gasteiger partial charge in [-0.3, -0.25) is 4.79 Å². The normalized spacial score (nSPS) is 21.6. The monoisotopic (exact) mass is 325 g/mol. The predicted molar refractivity (Wildman–Crippen MR) is 89.8 cm³/mol. The second kappa shape index (κ2) is 7.76. The van der Waals surface area contributed by atoms with Crippen LogP contribution < -0.4 is 5.32 Å². The summed E-state index contributed by atoms with van der Waals surface area (Å²) >= 11 is 11.4. The van der Waals surface area contributed by atoms with E-state index >= 15 is 0 Å². The molecule has 1 fully saturated rings. The highest BCUT2D eigenvalue weighted by Gasteiger charge is 2.27. The van der Waals surface area contributed by atoms with Gasteiger partial charge in [0.1, 0.15) is 0 Å². The smallest absolute Gasteiger partial charge is 0.308 e. The minimum Gasteiger partial charge on any atom is -0.469 e. The fourth-order valence-corrected chi connectivity index (χ4v) is 3.35. The van der Waals surface area contributed by atoms with Crippen LogP contribution in [0.4, 0.5) is 5.69 Å². The first kappa shape index (κ1) is 16.2. The van der Waals surface area contributed by atoms with Gasteiger partial charge in [0.05, 0.1) is 18.0 Å². The van der Waals surface area contributed by atoms with E-state index in [4.69, 9.17) is 28.6 Å². The first-order chi connectivity index (χ1) is 10.1. The van der Waals surface area contributed by atoms with E-state index in [0.29, 0.717) is 10.9 Å². The molecule has 114 valence electrons. The van der Waals surface area contributed by atoms with Crippen LogP contribution in [0.3, 0.4) is 0 Å². The fraction of sp³-hybridized carbons (Fsp3) is 0.500. The molecule has 0 radical (unpaired) electrons. The molecule has 0 bridgehead atoms. The maximum absolute atomic E-state index is 11.5. The highest BCUT2D eigenvalue weighted by molar-refractivity contribution is 7.80. The fourth-order valence-electron chi connectivity index (χ4n) is 2.81. The number of methoxy groups -OCH3 is 1. The summed E-state index contributed by atoms with van der Waals surface area (Å²) in [6, 6.07) is 7.55. The number of thiocarbonyl (C=S) groups is 1. The standard InChI is InChI=1S/C16H20ClNO2S/c1-20-16(19)12-7-5-11(6-8-12)9-15(21)18-14-4-2-3-13(17)10-14/h2-4,10-12H,5-9H2,1H3,(H,18,21). The van der Waals surface area contributed by atoms with Gasteiger partial charge < -0.3 is 10.1 Å². The molecular weight excluding hydrogens is 306 g/mol. The Bertz CT molecular complexity index is 513. The van der Waals surface area contributed by atoms with Crippen LogP contribution in [0.15, 0.2) is 24.3 Å². The van der Waals surface area contributed by atoms with Gasteiger partial charge in [0, 0.05) is 17.1 Å². The number of carbonyl (C=O) groups is 1. The Kier molecular flexibility index (Phi) is 6.00. The third-order valence-electron chi connectivity index (χ3n) is 3.96. The molecule has 21 heavy (non-hydrogen) atoms. The third-order valence-corrected chi connectivity index (χ3v) is 4.47. The van der Waals surface area contributed by atoms with Crippen LogP contribution in [0.5, 0.6) is 0 Å². The first-order valence-corrected chi connectivity index (χ1v) is 8.00. The Morgan fingerprint density at radius 1 is 1.38 bits per heavy atom. The van der Waals surface area contributed by atoms with Crippen molar-refractivity contribution < 1.29 is 9.53 Å². The Morgan fingerprint density at radius 2 is 2.10 bits per heavy atom. The molecule has 3 nitrogen and oxygen atoms in total. The van der Waals surface area contributed by atoms with Crippen LogP contribution in [0.25, 0.3) is 0 Å². The molecule has 0 unspecified atom stereocenters. The molecule has 1 N–H and O–H groups in total. The van der Waals surface area contributed by atoms with Crippen LogP contribution in [0.2, 0.25) is 5.02 Å². The number of hydrogen-bond donors (Lipinski definition) is 1. The summed E-state index contributed by atoms with van der Waals surface area (Å²) in [6.45, 7) is 0. The molecule has 5 heteroatoms. The number of hydrogen-bond acceptors (Lipinski definition) is 3. The van der Waals surface area contributed by atoms with Crippen molar-refractivity contribution in [3.63, 3.8) is 0 Å². The Balaban J connectivity index is 1.78. The quantitative estimate of drug-likeness (QED) is 0.655. The average Bonchev–Trinajstić information content (AvgIpc) is 2.47. The molecule has 1 aromatic rings. The molecule has 0 aromatic heterocycles. The van der Waals surface area contributed by atoms with Crippen LogP contribution in [0.1, 0.15) is 32.1 Å². The largest absolute Gasteiger partial charge is 0.469 e. The summed E-state index contributed by atoms with van der Waals surface area (Å²) in [6.07, 6.45) is 4.71. The van der Waals surface area contributed by atoms with E-state index in [2.05, 4.69) is 5.32 Å². The number of benzene rings is 1.